The molecular formula is C18H17N. The molecule has 0 amide bonds. The van der Waals surface area contributed by atoms with Crippen LogP contribution in [0.15, 0.2) is 54.6 Å². The fraction of sp³-hybridized carbons (Fsp3) is 0.222. The van der Waals surface area contributed by atoms with Crippen molar-refractivity contribution in [3.05, 3.63) is 60.2 Å². The van der Waals surface area contributed by atoms with Crippen LogP contribution in [0.1, 0.15) is 24.4 Å². The van der Waals surface area contributed by atoms with Crippen molar-refractivity contribution in [3.8, 4) is 0 Å². The van der Waals surface area contributed by atoms with Crippen LogP contribution in [-0.2, 0) is 0 Å². The van der Waals surface area contributed by atoms with E-state index in [0.717, 1.165) is 6.54 Å². The zero-order chi connectivity index (χ0) is 12.7. The molecule has 1 nitrogen and oxygen atoms in total. The lowest BCUT2D eigenvalue weighted by Crippen LogP contribution is -2.13. The molecule has 4 rings (SSSR count). The van der Waals surface area contributed by atoms with Crippen molar-refractivity contribution in [2.75, 3.05) is 6.54 Å². The molecule has 19 heavy (non-hydrogen) atoms. The summed E-state index contributed by atoms with van der Waals surface area (Å²) in [5, 5.41) is 9.17. The van der Waals surface area contributed by atoms with E-state index in [-0.39, 0.29) is 0 Å². The van der Waals surface area contributed by atoms with Gasteiger partial charge in [-0.25, -0.2) is 0 Å². The Bertz CT molecular complexity index is 685. The summed E-state index contributed by atoms with van der Waals surface area (Å²) in [6.07, 6.45) is 2.53. The maximum atomic E-state index is 3.66. The first-order chi connectivity index (χ1) is 9.43. The Labute approximate surface area is 113 Å². The summed E-state index contributed by atoms with van der Waals surface area (Å²) in [4.78, 5) is 0. The van der Waals surface area contributed by atoms with Crippen LogP contribution in [0.3, 0.4) is 0 Å². The zero-order valence-electron chi connectivity index (χ0n) is 10.9. The van der Waals surface area contributed by atoms with Gasteiger partial charge in [0.05, 0.1) is 0 Å². The van der Waals surface area contributed by atoms with Gasteiger partial charge in [-0.3, -0.25) is 0 Å². The largest absolute Gasteiger partial charge is 0.310 e. The standard InChI is InChI=1S/C18H17N/c1-3-8-15-13(6-1)12-14-7-2-4-9-16(14)18(15)17-10-5-11-19-17/h1-4,6-9,12,17,19H,5,10-11H2. The second-order valence-corrected chi connectivity index (χ2v) is 5.38. The third-order valence-corrected chi connectivity index (χ3v) is 4.22. The predicted octanol–water partition coefficient (Wildman–Crippen LogP) is 4.42. The van der Waals surface area contributed by atoms with Crippen molar-refractivity contribution in [2.45, 2.75) is 18.9 Å². The van der Waals surface area contributed by atoms with Crippen LogP contribution >= 0.6 is 0 Å². The molecule has 1 unspecified atom stereocenters. The highest BCUT2D eigenvalue weighted by Crippen LogP contribution is 2.36. The van der Waals surface area contributed by atoms with Crippen molar-refractivity contribution in [3.63, 3.8) is 0 Å². The highest BCUT2D eigenvalue weighted by molar-refractivity contribution is 6.02. The number of hydrogen-bond acceptors (Lipinski definition) is 1. The molecule has 1 N–H and O–H groups in total. The number of rotatable bonds is 1. The van der Waals surface area contributed by atoms with Gasteiger partial charge in [0.15, 0.2) is 0 Å². The molecule has 0 saturated carbocycles. The molecule has 0 bridgehead atoms. The summed E-state index contributed by atoms with van der Waals surface area (Å²) in [5.41, 5.74) is 1.49. The molecule has 94 valence electrons. The number of benzene rings is 3. The number of fused-ring (bicyclic) bond motifs is 2. The zero-order valence-corrected chi connectivity index (χ0v) is 10.9. The van der Waals surface area contributed by atoms with Gasteiger partial charge >= 0.3 is 0 Å². The molecule has 1 fully saturated rings. The third kappa shape index (κ3) is 1.73. The van der Waals surface area contributed by atoms with Crippen molar-refractivity contribution in [1.82, 2.24) is 5.32 Å². The lowest BCUT2D eigenvalue weighted by Gasteiger charge is -2.17. The molecule has 0 aliphatic carbocycles. The minimum Gasteiger partial charge on any atom is -0.310 e. The fourth-order valence-corrected chi connectivity index (χ4v) is 3.36. The maximum absolute atomic E-state index is 3.66. The molecule has 1 heterocycles. The summed E-state index contributed by atoms with van der Waals surface area (Å²) >= 11 is 0. The molecule has 1 atom stereocenters. The summed E-state index contributed by atoms with van der Waals surface area (Å²) in [7, 11) is 0. The second kappa shape index (κ2) is 4.36. The summed E-state index contributed by atoms with van der Waals surface area (Å²) in [6.45, 7) is 1.14. The molecule has 1 aliphatic heterocycles. The van der Waals surface area contributed by atoms with Gasteiger partial charge in [0.2, 0.25) is 0 Å². The van der Waals surface area contributed by atoms with E-state index in [0.29, 0.717) is 6.04 Å². The molecule has 0 radical (unpaired) electrons. The lowest BCUT2D eigenvalue weighted by atomic mass is 9.91. The molecule has 0 aromatic heterocycles. The first kappa shape index (κ1) is 11.0. The number of hydrogen-bond donors (Lipinski definition) is 1. The average Bonchev–Trinajstić information content (AvgIpc) is 2.98. The molecule has 1 aliphatic rings. The predicted molar refractivity (Wildman–Crippen MR) is 81.4 cm³/mol. The third-order valence-electron chi connectivity index (χ3n) is 4.22. The highest BCUT2D eigenvalue weighted by atomic mass is 14.9. The van der Waals surface area contributed by atoms with Gasteiger partial charge in [0.1, 0.15) is 0 Å². The summed E-state index contributed by atoms with van der Waals surface area (Å²) in [5.74, 6) is 0. The van der Waals surface area contributed by atoms with Crippen molar-refractivity contribution >= 4 is 21.5 Å². The Morgan fingerprint density at radius 2 is 1.47 bits per heavy atom. The van der Waals surface area contributed by atoms with E-state index in [9.17, 15) is 0 Å². The van der Waals surface area contributed by atoms with E-state index in [1.807, 2.05) is 0 Å². The Morgan fingerprint density at radius 3 is 2.05 bits per heavy atom. The molecule has 1 heteroatoms. The van der Waals surface area contributed by atoms with Crippen LogP contribution in [0.4, 0.5) is 0 Å². The first-order valence-electron chi connectivity index (χ1n) is 7.07. The van der Waals surface area contributed by atoms with E-state index in [1.165, 1.54) is 39.9 Å². The smallest absolute Gasteiger partial charge is 0.0333 e. The van der Waals surface area contributed by atoms with Gasteiger partial charge < -0.3 is 5.32 Å². The van der Waals surface area contributed by atoms with Crippen LogP contribution in [0, 0.1) is 0 Å². The van der Waals surface area contributed by atoms with Crippen LogP contribution in [0.2, 0.25) is 0 Å². The van der Waals surface area contributed by atoms with Gasteiger partial charge in [-0.15, -0.1) is 0 Å². The Hall–Kier alpha value is -1.86. The van der Waals surface area contributed by atoms with Crippen molar-refractivity contribution in [1.29, 1.82) is 0 Å². The Morgan fingerprint density at radius 1 is 0.842 bits per heavy atom. The minimum atomic E-state index is 0.510. The highest BCUT2D eigenvalue weighted by Gasteiger charge is 2.20. The van der Waals surface area contributed by atoms with Gasteiger partial charge in [0, 0.05) is 6.04 Å². The van der Waals surface area contributed by atoms with E-state index in [1.54, 1.807) is 0 Å². The maximum Gasteiger partial charge on any atom is 0.0333 e. The Kier molecular flexibility index (Phi) is 2.52. The van der Waals surface area contributed by atoms with E-state index >= 15 is 0 Å². The molecule has 0 spiro atoms. The van der Waals surface area contributed by atoms with Gasteiger partial charge in [-0.05, 0) is 52.6 Å². The molecular weight excluding hydrogens is 230 g/mol. The Balaban J connectivity index is 2.13. The van der Waals surface area contributed by atoms with Crippen LogP contribution < -0.4 is 5.32 Å². The number of nitrogens with one attached hydrogen (secondary N) is 1. The average molecular weight is 247 g/mol. The van der Waals surface area contributed by atoms with Crippen molar-refractivity contribution in [2.24, 2.45) is 0 Å². The van der Waals surface area contributed by atoms with E-state index in [4.69, 9.17) is 0 Å². The van der Waals surface area contributed by atoms with E-state index < -0.39 is 0 Å². The first-order valence-corrected chi connectivity index (χ1v) is 7.07. The van der Waals surface area contributed by atoms with Crippen LogP contribution in [0.5, 0.6) is 0 Å². The van der Waals surface area contributed by atoms with Crippen LogP contribution in [0.25, 0.3) is 21.5 Å². The lowest BCUT2D eigenvalue weighted by molar-refractivity contribution is 0.657. The van der Waals surface area contributed by atoms with Gasteiger partial charge in [-0.1, -0.05) is 48.5 Å². The van der Waals surface area contributed by atoms with Crippen LogP contribution in [-0.4, -0.2) is 6.54 Å². The molecule has 3 aromatic rings. The van der Waals surface area contributed by atoms with Gasteiger partial charge in [0.25, 0.3) is 0 Å². The quantitative estimate of drug-likeness (QED) is 0.628. The second-order valence-electron chi connectivity index (χ2n) is 5.38. The topological polar surface area (TPSA) is 12.0 Å². The van der Waals surface area contributed by atoms with Gasteiger partial charge in [-0.2, -0.15) is 0 Å². The fourth-order valence-electron chi connectivity index (χ4n) is 3.36. The molecule has 3 aromatic carbocycles. The SMILES string of the molecule is c1ccc2c(C3CCCN3)c3ccccc3cc2c1. The summed E-state index contributed by atoms with van der Waals surface area (Å²) in [6, 6.07) is 20.3. The summed E-state index contributed by atoms with van der Waals surface area (Å²) < 4.78 is 0. The van der Waals surface area contributed by atoms with Crippen molar-refractivity contribution < 1.29 is 0 Å². The van der Waals surface area contributed by atoms with E-state index in [2.05, 4.69) is 59.9 Å². The molecule has 1 saturated heterocycles. The monoisotopic (exact) mass is 247 g/mol. The minimum absolute atomic E-state index is 0.510. The normalized spacial score (nSPS) is 19.3.